The van der Waals surface area contributed by atoms with Crippen molar-refractivity contribution >= 4 is 5.57 Å². The topological polar surface area (TPSA) is 40.2 Å². The molecule has 0 N–H and O–H groups in total. The van der Waals surface area contributed by atoms with Crippen LogP contribution in [0.1, 0.15) is 36.3 Å². The highest BCUT2D eigenvalue weighted by molar-refractivity contribution is 5.94. The lowest BCUT2D eigenvalue weighted by molar-refractivity contribution is 0.169. The van der Waals surface area contributed by atoms with E-state index < -0.39 is 0 Å². The van der Waals surface area contributed by atoms with Gasteiger partial charge in [0.1, 0.15) is 0 Å². The molecule has 5 heteroatoms. The molecule has 0 bridgehead atoms. The van der Waals surface area contributed by atoms with Crippen LogP contribution in [-0.2, 0) is 0 Å². The molecule has 2 atom stereocenters. The second-order valence-electron chi connectivity index (χ2n) is 8.28. The number of nitrogens with zero attached hydrogens (tertiary/aromatic N) is 1. The quantitative estimate of drug-likeness (QED) is 0.732. The summed E-state index contributed by atoms with van der Waals surface area (Å²) in [7, 11) is 6.77. The molecule has 0 spiro atoms. The van der Waals surface area contributed by atoms with Crippen LogP contribution in [0.5, 0.6) is 23.0 Å². The van der Waals surface area contributed by atoms with Crippen LogP contribution in [0.3, 0.4) is 0 Å². The fraction of sp³-hybridized carbons (Fsp3) is 0.440. The number of hydrogen-bond donors (Lipinski definition) is 0. The van der Waals surface area contributed by atoms with Crippen molar-refractivity contribution in [3.63, 3.8) is 0 Å². The SMILES string of the molecule is COc1cc2c(cc1OC)-c1cc(OC)c(OC)cc1C1CN3CCCCC3C=C21. The van der Waals surface area contributed by atoms with Crippen molar-refractivity contribution < 1.29 is 18.9 Å². The van der Waals surface area contributed by atoms with Crippen molar-refractivity contribution in [3.8, 4) is 34.1 Å². The Kier molecular flexibility index (Phi) is 4.86. The summed E-state index contributed by atoms with van der Waals surface area (Å²) in [5.41, 5.74) is 6.27. The fourth-order valence-electron chi connectivity index (χ4n) is 5.39. The number of ether oxygens (including phenoxy) is 4. The molecule has 5 nitrogen and oxygen atoms in total. The third-order valence-electron chi connectivity index (χ3n) is 6.88. The van der Waals surface area contributed by atoms with Crippen LogP contribution in [0.15, 0.2) is 30.3 Å². The van der Waals surface area contributed by atoms with Crippen molar-refractivity contribution in [1.82, 2.24) is 4.90 Å². The molecule has 5 rings (SSSR count). The van der Waals surface area contributed by atoms with E-state index in [4.69, 9.17) is 18.9 Å². The average Bonchev–Trinajstić information content (AvgIpc) is 2.81. The summed E-state index contributed by atoms with van der Waals surface area (Å²) in [6.07, 6.45) is 6.32. The number of methoxy groups -OCH3 is 4. The Bertz CT molecular complexity index is 1010. The predicted octanol–water partition coefficient (Wildman–Crippen LogP) is 4.74. The standard InChI is InChI=1S/C25H29NO4/c1-27-22-10-17-16-9-15-7-5-6-8-26(15)14-21(16)20-13-25(30-4)24(29-3)12-19(20)18(17)11-23(22)28-2/h9-13,15,21H,5-8,14H2,1-4H3. The van der Waals surface area contributed by atoms with Gasteiger partial charge in [-0.05, 0) is 71.5 Å². The van der Waals surface area contributed by atoms with Gasteiger partial charge in [0.15, 0.2) is 23.0 Å². The summed E-state index contributed by atoms with van der Waals surface area (Å²) >= 11 is 0. The molecule has 2 aromatic carbocycles. The first kappa shape index (κ1) is 19.3. The van der Waals surface area contributed by atoms with E-state index in [-0.39, 0.29) is 0 Å². The summed E-state index contributed by atoms with van der Waals surface area (Å²) in [5.74, 6) is 3.34. The predicted molar refractivity (Wildman–Crippen MR) is 118 cm³/mol. The van der Waals surface area contributed by atoms with E-state index in [1.165, 1.54) is 48.1 Å². The van der Waals surface area contributed by atoms with Crippen LogP contribution in [0.25, 0.3) is 16.7 Å². The molecule has 0 amide bonds. The van der Waals surface area contributed by atoms with Crippen LogP contribution in [0, 0.1) is 0 Å². The lowest BCUT2D eigenvalue weighted by Crippen LogP contribution is -2.44. The lowest BCUT2D eigenvalue weighted by Gasteiger charge is -2.44. The van der Waals surface area contributed by atoms with Gasteiger partial charge in [-0.3, -0.25) is 4.90 Å². The van der Waals surface area contributed by atoms with Crippen LogP contribution in [0.2, 0.25) is 0 Å². The minimum atomic E-state index is 0.305. The van der Waals surface area contributed by atoms with Gasteiger partial charge in [-0.2, -0.15) is 0 Å². The molecule has 2 unspecified atom stereocenters. The second kappa shape index (κ2) is 7.55. The Balaban J connectivity index is 1.78. The lowest BCUT2D eigenvalue weighted by atomic mass is 9.71. The van der Waals surface area contributed by atoms with E-state index in [1.54, 1.807) is 28.4 Å². The van der Waals surface area contributed by atoms with Gasteiger partial charge >= 0.3 is 0 Å². The third kappa shape index (κ3) is 2.87. The Morgan fingerprint density at radius 2 is 1.33 bits per heavy atom. The van der Waals surface area contributed by atoms with Crippen molar-refractivity contribution in [2.24, 2.45) is 0 Å². The molecule has 2 aliphatic heterocycles. The summed E-state index contributed by atoms with van der Waals surface area (Å²) in [6, 6.07) is 9.04. The zero-order chi connectivity index (χ0) is 20.8. The van der Waals surface area contributed by atoms with E-state index in [0.717, 1.165) is 35.1 Å². The number of hydrogen-bond acceptors (Lipinski definition) is 5. The molecule has 0 radical (unpaired) electrons. The summed E-state index contributed by atoms with van der Waals surface area (Å²) in [6.45, 7) is 2.21. The van der Waals surface area contributed by atoms with Gasteiger partial charge in [0.2, 0.25) is 0 Å². The van der Waals surface area contributed by atoms with Crippen molar-refractivity contribution in [1.29, 1.82) is 0 Å². The third-order valence-corrected chi connectivity index (χ3v) is 6.88. The Labute approximate surface area is 178 Å². The highest BCUT2D eigenvalue weighted by Gasteiger charge is 2.38. The molecular weight excluding hydrogens is 378 g/mol. The minimum absolute atomic E-state index is 0.305. The highest BCUT2D eigenvalue weighted by atomic mass is 16.5. The zero-order valence-electron chi connectivity index (χ0n) is 18.2. The Morgan fingerprint density at radius 3 is 2.00 bits per heavy atom. The molecular formula is C25H29NO4. The number of rotatable bonds is 4. The maximum atomic E-state index is 5.66. The Hall–Kier alpha value is -2.66. The van der Waals surface area contributed by atoms with Gasteiger partial charge in [0.05, 0.1) is 28.4 Å². The second-order valence-corrected chi connectivity index (χ2v) is 8.28. The summed E-state index contributed by atoms with van der Waals surface area (Å²) in [4.78, 5) is 2.64. The van der Waals surface area contributed by atoms with E-state index in [2.05, 4.69) is 35.2 Å². The van der Waals surface area contributed by atoms with Crippen LogP contribution < -0.4 is 18.9 Å². The van der Waals surface area contributed by atoms with Crippen LogP contribution in [0.4, 0.5) is 0 Å². The van der Waals surface area contributed by atoms with Crippen molar-refractivity contribution in [2.75, 3.05) is 41.5 Å². The fourth-order valence-corrected chi connectivity index (χ4v) is 5.39. The minimum Gasteiger partial charge on any atom is -0.493 e. The van der Waals surface area contributed by atoms with E-state index >= 15 is 0 Å². The molecule has 1 saturated heterocycles. The van der Waals surface area contributed by atoms with Gasteiger partial charge in [0.25, 0.3) is 0 Å². The van der Waals surface area contributed by atoms with Gasteiger partial charge in [-0.1, -0.05) is 12.5 Å². The van der Waals surface area contributed by atoms with E-state index in [1.807, 2.05) is 0 Å². The molecule has 1 aliphatic carbocycles. The normalized spacial score (nSPS) is 22.1. The largest absolute Gasteiger partial charge is 0.493 e. The first-order valence-corrected chi connectivity index (χ1v) is 10.7. The smallest absolute Gasteiger partial charge is 0.161 e. The van der Waals surface area contributed by atoms with Gasteiger partial charge in [-0.25, -0.2) is 0 Å². The maximum Gasteiger partial charge on any atom is 0.161 e. The van der Waals surface area contributed by atoms with Gasteiger partial charge in [-0.15, -0.1) is 0 Å². The van der Waals surface area contributed by atoms with Gasteiger partial charge < -0.3 is 18.9 Å². The molecule has 3 aliphatic rings. The monoisotopic (exact) mass is 407 g/mol. The van der Waals surface area contributed by atoms with Gasteiger partial charge in [0, 0.05) is 18.5 Å². The van der Waals surface area contributed by atoms with Crippen molar-refractivity contribution in [2.45, 2.75) is 31.2 Å². The first-order chi connectivity index (χ1) is 14.7. The molecule has 0 saturated carbocycles. The number of piperidine rings is 1. The van der Waals surface area contributed by atoms with E-state index in [0.29, 0.717) is 12.0 Å². The first-order valence-electron chi connectivity index (χ1n) is 10.7. The number of fused-ring (bicyclic) bond motifs is 7. The average molecular weight is 408 g/mol. The van der Waals surface area contributed by atoms with E-state index in [9.17, 15) is 0 Å². The van der Waals surface area contributed by atoms with Crippen LogP contribution >= 0.6 is 0 Å². The molecule has 2 aromatic rings. The number of benzene rings is 2. The zero-order valence-corrected chi connectivity index (χ0v) is 18.2. The molecule has 1 fully saturated rings. The molecule has 2 heterocycles. The molecule has 158 valence electrons. The maximum absolute atomic E-state index is 5.66. The molecule has 30 heavy (non-hydrogen) atoms. The molecule has 0 aromatic heterocycles. The summed E-state index contributed by atoms with van der Waals surface area (Å²) in [5, 5.41) is 0. The van der Waals surface area contributed by atoms with Crippen LogP contribution in [-0.4, -0.2) is 52.5 Å². The Morgan fingerprint density at radius 1 is 0.733 bits per heavy atom. The highest BCUT2D eigenvalue weighted by Crippen LogP contribution is 2.54. The van der Waals surface area contributed by atoms with Crippen molar-refractivity contribution in [3.05, 3.63) is 41.5 Å². The summed E-state index contributed by atoms with van der Waals surface area (Å²) < 4.78 is 22.6.